The molecule has 2 aliphatic rings. The highest BCUT2D eigenvalue weighted by Crippen LogP contribution is 2.33. The molecular weight excluding hydrogens is 266 g/mol. The number of likely N-dealkylation sites (tertiary alicyclic amines) is 1. The van der Waals surface area contributed by atoms with E-state index < -0.39 is 10.0 Å². The number of nitrogens with one attached hydrogen (secondary N) is 1. The number of carbonyl (C=O) groups excluding carboxylic acids is 1. The predicted molar refractivity (Wildman–Crippen MR) is 73.3 cm³/mol. The number of hydrogen-bond donors (Lipinski definition) is 1. The molecule has 2 rings (SSSR count). The molecule has 0 unspecified atom stereocenters. The molecule has 0 aromatic heterocycles. The average Bonchev–Trinajstić information content (AvgIpc) is 2.48. The van der Waals surface area contributed by atoms with Gasteiger partial charge in [0.1, 0.15) is 0 Å². The molecule has 0 radical (unpaired) electrons. The molecule has 0 saturated carbocycles. The van der Waals surface area contributed by atoms with Crippen molar-refractivity contribution in [1.82, 2.24) is 14.5 Å². The summed E-state index contributed by atoms with van der Waals surface area (Å²) in [4.78, 5) is 13.7. The molecule has 0 spiro atoms. The lowest BCUT2D eigenvalue weighted by molar-refractivity contribution is 0.196. The lowest BCUT2D eigenvalue weighted by atomic mass is 10.0. The summed E-state index contributed by atoms with van der Waals surface area (Å²) in [7, 11) is -1.50. The topological polar surface area (TPSA) is 69.7 Å². The number of carbonyl (C=O) groups is 1. The van der Waals surface area contributed by atoms with Gasteiger partial charge in [-0.2, -0.15) is 0 Å². The summed E-state index contributed by atoms with van der Waals surface area (Å²) in [5.74, 6) is 0.159. The Morgan fingerprint density at radius 2 is 1.89 bits per heavy atom. The largest absolute Gasteiger partial charge is 0.336 e. The summed E-state index contributed by atoms with van der Waals surface area (Å²) in [6.07, 6.45) is 1.31. The first-order valence-electron chi connectivity index (χ1n) is 6.83. The highest BCUT2D eigenvalue weighted by atomic mass is 32.2. The minimum Gasteiger partial charge on any atom is -0.336 e. The number of hydrogen-bond acceptors (Lipinski definition) is 3. The number of fused-ring (bicyclic) bond motifs is 1. The van der Waals surface area contributed by atoms with Crippen molar-refractivity contribution < 1.29 is 13.2 Å². The monoisotopic (exact) mass is 289 g/mol. The summed E-state index contributed by atoms with van der Waals surface area (Å²) >= 11 is 0. The second-order valence-electron chi connectivity index (χ2n) is 5.79. The lowest BCUT2D eigenvalue weighted by Crippen LogP contribution is -2.43. The molecule has 1 N–H and O–H groups in total. The maximum absolute atomic E-state index is 12.1. The smallest absolute Gasteiger partial charge is 0.317 e. The summed E-state index contributed by atoms with van der Waals surface area (Å²) < 4.78 is 25.7. The average molecular weight is 289 g/mol. The van der Waals surface area contributed by atoms with Crippen LogP contribution < -0.4 is 5.32 Å². The normalized spacial score (nSPS) is 31.1. The van der Waals surface area contributed by atoms with Gasteiger partial charge in [0, 0.05) is 32.7 Å². The third kappa shape index (κ3) is 2.86. The molecule has 0 aliphatic carbocycles. The predicted octanol–water partition coefficient (Wildman–Crippen LogP) is 0.460. The van der Waals surface area contributed by atoms with Crippen LogP contribution in [-0.4, -0.2) is 61.6 Å². The molecule has 0 aromatic carbocycles. The van der Waals surface area contributed by atoms with Crippen molar-refractivity contribution in [3.8, 4) is 0 Å². The van der Waals surface area contributed by atoms with Crippen molar-refractivity contribution in [2.45, 2.75) is 38.0 Å². The minimum absolute atomic E-state index is 0.0827. The van der Waals surface area contributed by atoms with E-state index >= 15 is 0 Å². The molecule has 2 atom stereocenters. The van der Waals surface area contributed by atoms with Crippen molar-refractivity contribution in [1.29, 1.82) is 0 Å². The Morgan fingerprint density at radius 1 is 1.26 bits per heavy atom. The SMILES string of the molecule is CC(C)NC(=O)N1CC[C@H]2CN(C)S(=O)(=O)[C@H]2CC1. The molecule has 19 heavy (non-hydrogen) atoms. The van der Waals surface area contributed by atoms with Gasteiger partial charge in [0.15, 0.2) is 0 Å². The number of rotatable bonds is 1. The molecule has 2 aliphatic heterocycles. The Labute approximate surface area is 115 Å². The Bertz CT molecular complexity index is 449. The van der Waals surface area contributed by atoms with Crippen LogP contribution in [0.4, 0.5) is 4.79 Å². The molecule has 6 nitrogen and oxygen atoms in total. The lowest BCUT2D eigenvalue weighted by Gasteiger charge is -2.23. The van der Waals surface area contributed by atoms with E-state index in [-0.39, 0.29) is 23.2 Å². The highest BCUT2D eigenvalue weighted by Gasteiger charge is 2.45. The van der Waals surface area contributed by atoms with Gasteiger partial charge in [-0.25, -0.2) is 17.5 Å². The number of amides is 2. The Hall–Kier alpha value is -0.820. The third-order valence-corrected chi connectivity index (χ3v) is 6.39. The molecule has 0 aromatic rings. The number of sulfonamides is 1. The van der Waals surface area contributed by atoms with Crippen LogP contribution in [0.5, 0.6) is 0 Å². The van der Waals surface area contributed by atoms with Gasteiger partial charge < -0.3 is 10.2 Å². The van der Waals surface area contributed by atoms with Crippen molar-refractivity contribution in [3.63, 3.8) is 0 Å². The van der Waals surface area contributed by atoms with E-state index in [1.54, 1.807) is 11.9 Å². The van der Waals surface area contributed by atoms with Gasteiger partial charge in [-0.3, -0.25) is 0 Å². The van der Waals surface area contributed by atoms with Gasteiger partial charge in [0.25, 0.3) is 0 Å². The van der Waals surface area contributed by atoms with Crippen LogP contribution in [0.3, 0.4) is 0 Å². The second-order valence-corrected chi connectivity index (χ2v) is 8.05. The maximum Gasteiger partial charge on any atom is 0.317 e. The van der Waals surface area contributed by atoms with E-state index in [0.29, 0.717) is 26.1 Å². The van der Waals surface area contributed by atoms with Gasteiger partial charge in [-0.1, -0.05) is 0 Å². The summed E-state index contributed by atoms with van der Waals surface area (Å²) in [6.45, 7) is 5.59. The van der Waals surface area contributed by atoms with Crippen molar-refractivity contribution in [3.05, 3.63) is 0 Å². The fourth-order valence-corrected chi connectivity index (χ4v) is 4.92. The van der Waals surface area contributed by atoms with Gasteiger partial charge >= 0.3 is 6.03 Å². The first-order chi connectivity index (χ1) is 8.82. The summed E-state index contributed by atoms with van der Waals surface area (Å²) in [6, 6.07) is 0.0193. The van der Waals surface area contributed by atoms with Crippen LogP contribution >= 0.6 is 0 Å². The van der Waals surface area contributed by atoms with Crippen LogP contribution in [0.1, 0.15) is 26.7 Å². The summed E-state index contributed by atoms with van der Waals surface area (Å²) in [5, 5.41) is 2.55. The maximum atomic E-state index is 12.1. The van der Waals surface area contributed by atoms with Crippen LogP contribution in [-0.2, 0) is 10.0 Å². The van der Waals surface area contributed by atoms with Crippen LogP contribution in [0.25, 0.3) is 0 Å². The molecule has 2 fully saturated rings. The van der Waals surface area contributed by atoms with E-state index in [1.165, 1.54) is 4.31 Å². The Balaban J connectivity index is 2.03. The van der Waals surface area contributed by atoms with Crippen molar-refractivity contribution in [2.24, 2.45) is 5.92 Å². The molecular formula is C12H23N3O3S. The minimum atomic E-state index is -3.15. The van der Waals surface area contributed by atoms with E-state index in [9.17, 15) is 13.2 Å². The van der Waals surface area contributed by atoms with Crippen molar-refractivity contribution >= 4 is 16.1 Å². The first-order valence-corrected chi connectivity index (χ1v) is 8.33. The fraction of sp³-hybridized carbons (Fsp3) is 0.917. The second kappa shape index (κ2) is 5.28. The van der Waals surface area contributed by atoms with Gasteiger partial charge in [0.2, 0.25) is 10.0 Å². The zero-order valence-corrected chi connectivity index (χ0v) is 12.6. The highest BCUT2D eigenvalue weighted by molar-refractivity contribution is 7.90. The van der Waals surface area contributed by atoms with Crippen LogP contribution in [0.2, 0.25) is 0 Å². The standard InChI is InChI=1S/C12H23N3O3S/c1-9(2)13-12(16)15-6-4-10-8-14(3)19(17,18)11(10)5-7-15/h9-11H,4-8H2,1-3H3,(H,13,16)/t10-,11-/m0/s1. The van der Waals surface area contributed by atoms with Gasteiger partial charge in [0.05, 0.1) is 5.25 Å². The van der Waals surface area contributed by atoms with Gasteiger partial charge in [-0.05, 0) is 32.6 Å². The Morgan fingerprint density at radius 3 is 2.53 bits per heavy atom. The molecule has 0 bridgehead atoms. The summed E-state index contributed by atoms with van der Waals surface area (Å²) in [5.41, 5.74) is 0. The molecule has 7 heteroatoms. The van der Waals surface area contributed by atoms with E-state index in [4.69, 9.17) is 0 Å². The third-order valence-electron chi connectivity index (χ3n) is 3.99. The zero-order valence-electron chi connectivity index (χ0n) is 11.8. The van der Waals surface area contributed by atoms with Crippen molar-refractivity contribution in [2.75, 3.05) is 26.7 Å². The first kappa shape index (κ1) is 14.6. The zero-order chi connectivity index (χ0) is 14.2. The quantitative estimate of drug-likeness (QED) is 0.762. The number of nitrogens with zero attached hydrogens (tertiary/aromatic N) is 2. The molecule has 110 valence electrons. The Kier molecular flexibility index (Phi) is 4.06. The van der Waals surface area contributed by atoms with Crippen LogP contribution in [0.15, 0.2) is 0 Å². The van der Waals surface area contributed by atoms with E-state index in [2.05, 4.69) is 5.32 Å². The van der Waals surface area contributed by atoms with Gasteiger partial charge in [-0.15, -0.1) is 0 Å². The molecule has 2 amide bonds. The van der Waals surface area contributed by atoms with E-state index in [0.717, 1.165) is 6.42 Å². The van der Waals surface area contributed by atoms with E-state index in [1.807, 2.05) is 13.8 Å². The number of urea groups is 1. The van der Waals surface area contributed by atoms with Crippen LogP contribution in [0, 0.1) is 5.92 Å². The molecule has 2 heterocycles. The molecule has 2 saturated heterocycles. The fourth-order valence-electron chi connectivity index (χ4n) is 2.95.